The summed E-state index contributed by atoms with van der Waals surface area (Å²) < 4.78 is 0. The Morgan fingerprint density at radius 1 is 1.33 bits per heavy atom. The van der Waals surface area contributed by atoms with Crippen molar-refractivity contribution in [2.45, 2.75) is 65.0 Å². The van der Waals surface area contributed by atoms with Gasteiger partial charge in [-0.15, -0.1) is 0 Å². The maximum atomic E-state index is 3.67. The van der Waals surface area contributed by atoms with E-state index in [9.17, 15) is 0 Å². The highest BCUT2D eigenvalue weighted by atomic mass is 15.2. The average molecular weight is 212 g/mol. The Hall–Kier alpha value is -0.0800. The lowest BCUT2D eigenvalue weighted by Gasteiger charge is -2.30. The Balaban J connectivity index is 2.41. The molecule has 15 heavy (non-hydrogen) atoms. The summed E-state index contributed by atoms with van der Waals surface area (Å²) in [5.41, 5.74) is 0. The van der Waals surface area contributed by atoms with Crippen molar-refractivity contribution < 1.29 is 0 Å². The highest BCUT2D eigenvalue weighted by molar-refractivity contribution is 4.79. The molecule has 0 aromatic carbocycles. The van der Waals surface area contributed by atoms with Gasteiger partial charge in [0.05, 0.1) is 0 Å². The Morgan fingerprint density at radius 2 is 2.13 bits per heavy atom. The summed E-state index contributed by atoms with van der Waals surface area (Å²) in [4.78, 5) is 2.68. The zero-order chi connectivity index (χ0) is 11.1. The van der Waals surface area contributed by atoms with E-state index in [4.69, 9.17) is 0 Å². The SMILES string of the molecule is CCCC1CN(C(C)CCC)CCCN1. The van der Waals surface area contributed by atoms with Crippen molar-refractivity contribution in [1.82, 2.24) is 10.2 Å². The van der Waals surface area contributed by atoms with Gasteiger partial charge in [0.1, 0.15) is 0 Å². The second kappa shape index (κ2) is 7.24. The maximum absolute atomic E-state index is 3.67. The third kappa shape index (κ3) is 4.52. The first-order valence-corrected chi connectivity index (χ1v) is 6.75. The van der Waals surface area contributed by atoms with E-state index in [2.05, 4.69) is 31.0 Å². The molecule has 0 bridgehead atoms. The van der Waals surface area contributed by atoms with Gasteiger partial charge in [0.15, 0.2) is 0 Å². The van der Waals surface area contributed by atoms with Gasteiger partial charge >= 0.3 is 0 Å². The molecule has 2 nitrogen and oxygen atoms in total. The zero-order valence-corrected chi connectivity index (χ0v) is 10.8. The molecule has 0 aromatic rings. The van der Waals surface area contributed by atoms with Gasteiger partial charge in [-0.2, -0.15) is 0 Å². The summed E-state index contributed by atoms with van der Waals surface area (Å²) in [6.45, 7) is 10.7. The minimum atomic E-state index is 0.733. The van der Waals surface area contributed by atoms with Gasteiger partial charge < -0.3 is 5.32 Å². The van der Waals surface area contributed by atoms with Gasteiger partial charge in [-0.1, -0.05) is 26.7 Å². The molecule has 90 valence electrons. The Labute approximate surface area is 95.4 Å². The first-order chi connectivity index (χ1) is 7.27. The summed E-state index contributed by atoms with van der Waals surface area (Å²) >= 11 is 0. The summed E-state index contributed by atoms with van der Waals surface area (Å²) in [5.74, 6) is 0. The normalized spacial score (nSPS) is 26.2. The van der Waals surface area contributed by atoms with Crippen LogP contribution in [0.5, 0.6) is 0 Å². The lowest BCUT2D eigenvalue weighted by Crippen LogP contribution is -2.41. The summed E-state index contributed by atoms with van der Waals surface area (Å²) in [6, 6.07) is 1.51. The van der Waals surface area contributed by atoms with E-state index in [0.29, 0.717) is 0 Å². The number of hydrogen-bond donors (Lipinski definition) is 1. The second-order valence-corrected chi connectivity index (χ2v) is 4.93. The van der Waals surface area contributed by atoms with Crippen molar-refractivity contribution in [1.29, 1.82) is 0 Å². The first kappa shape index (κ1) is 13.0. The van der Waals surface area contributed by atoms with Gasteiger partial charge in [-0.25, -0.2) is 0 Å². The molecule has 1 heterocycles. The van der Waals surface area contributed by atoms with Crippen LogP contribution in [0.25, 0.3) is 0 Å². The smallest absolute Gasteiger partial charge is 0.0195 e. The molecule has 1 fully saturated rings. The molecule has 1 aliphatic rings. The molecular formula is C13H28N2. The molecule has 2 heteroatoms. The molecule has 2 unspecified atom stereocenters. The molecule has 0 amide bonds. The van der Waals surface area contributed by atoms with Crippen LogP contribution in [0.3, 0.4) is 0 Å². The van der Waals surface area contributed by atoms with Crippen molar-refractivity contribution in [2.75, 3.05) is 19.6 Å². The summed E-state index contributed by atoms with van der Waals surface area (Å²) in [5, 5.41) is 3.67. The van der Waals surface area contributed by atoms with Gasteiger partial charge in [-0.05, 0) is 39.3 Å². The van der Waals surface area contributed by atoms with Crippen LogP contribution in [0.1, 0.15) is 52.9 Å². The van der Waals surface area contributed by atoms with E-state index < -0.39 is 0 Å². The van der Waals surface area contributed by atoms with Crippen LogP contribution in [0, 0.1) is 0 Å². The lowest BCUT2D eigenvalue weighted by atomic mass is 10.1. The Kier molecular flexibility index (Phi) is 6.26. The highest BCUT2D eigenvalue weighted by Gasteiger charge is 2.20. The summed E-state index contributed by atoms with van der Waals surface area (Å²) in [7, 11) is 0. The highest BCUT2D eigenvalue weighted by Crippen LogP contribution is 2.12. The number of rotatable bonds is 5. The van der Waals surface area contributed by atoms with Crippen molar-refractivity contribution in [3.05, 3.63) is 0 Å². The van der Waals surface area contributed by atoms with Crippen molar-refractivity contribution >= 4 is 0 Å². The number of nitrogens with one attached hydrogen (secondary N) is 1. The number of nitrogens with zero attached hydrogens (tertiary/aromatic N) is 1. The van der Waals surface area contributed by atoms with Crippen LogP contribution in [0.2, 0.25) is 0 Å². The third-order valence-electron chi connectivity index (χ3n) is 3.48. The van der Waals surface area contributed by atoms with Gasteiger partial charge in [0.2, 0.25) is 0 Å². The molecule has 1 rings (SSSR count). The van der Waals surface area contributed by atoms with Crippen LogP contribution in [-0.4, -0.2) is 36.6 Å². The first-order valence-electron chi connectivity index (χ1n) is 6.75. The van der Waals surface area contributed by atoms with E-state index in [0.717, 1.165) is 12.1 Å². The number of hydrogen-bond acceptors (Lipinski definition) is 2. The molecule has 2 atom stereocenters. The minimum Gasteiger partial charge on any atom is -0.313 e. The molecule has 1 aliphatic heterocycles. The fourth-order valence-corrected chi connectivity index (χ4v) is 2.57. The monoisotopic (exact) mass is 212 g/mol. The van der Waals surface area contributed by atoms with E-state index in [1.807, 2.05) is 0 Å². The molecule has 0 radical (unpaired) electrons. The van der Waals surface area contributed by atoms with Gasteiger partial charge in [0.25, 0.3) is 0 Å². The second-order valence-electron chi connectivity index (χ2n) is 4.93. The molecule has 0 aliphatic carbocycles. The van der Waals surface area contributed by atoms with Gasteiger partial charge in [-0.3, -0.25) is 4.90 Å². The Bertz CT molecular complexity index is 159. The quantitative estimate of drug-likeness (QED) is 0.753. The molecule has 0 aromatic heterocycles. The maximum Gasteiger partial charge on any atom is 0.0195 e. The van der Waals surface area contributed by atoms with E-state index >= 15 is 0 Å². The zero-order valence-electron chi connectivity index (χ0n) is 10.8. The fourth-order valence-electron chi connectivity index (χ4n) is 2.57. The molecular weight excluding hydrogens is 184 g/mol. The van der Waals surface area contributed by atoms with Crippen LogP contribution in [-0.2, 0) is 0 Å². The van der Waals surface area contributed by atoms with E-state index in [1.54, 1.807) is 0 Å². The topological polar surface area (TPSA) is 15.3 Å². The van der Waals surface area contributed by atoms with Crippen LogP contribution in [0.4, 0.5) is 0 Å². The molecule has 0 spiro atoms. The van der Waals surface area contributed by atoms with E-state index in [1.165, 1.54) is 51.7 Å². The molecule has 1 saturated heterocycles. The van der Waals surface area contributed by atoms with Crippen molar-refractivity contribution in [2.24, 2.45) is 0 Å². The van der Waals surface area contributed by atoms with Gasteiger partial charge in [0, 0.05) is 18.6 Å². The third-order valence-corrected chi connectivity index (χ3v) is 3.48. The molecule has 0 saturated carbocycles. The average Bonchev–Trinajstić information content (AvgIpc) is 2.44. The minimum absolute atomic E-state index is 0.733. The standard InChI is InChI=1S/C13H28N2/c1-4-7-12(3)15-10-6-9-14-13(11-15)8-5-2/h12-14H,4-11H2,1-3H3. The fraction of sp³-hybridized carbons (Fsp3) is 1.00. The van der Waals surface area contributed by atoms with Crippen molar-refractivity contribution in [3.8, 4) is 0 Å². The predicted octanol–water partition coefficient (Wildman–Crippen LogP) is 2.64. The van der Waals surface area contributed by atoms with E-state index in [-0.39, 0.29) is 0 Å². The predicted molar refractivity (Wildman–Crippen MR) is 67.3 cm³/mol. The van der Waals surface area contributed by atoms with Crippen molar-refractivity contribution in [3.63, 3.8) is 0 Å². The molecule has 1 N–H and O–H groups in total. The summed E-state index contributed by atoms with van der Waals surface area (Å²) in [6.07, 6.45) is 6.60. The van der Waals surface area contributed by atoms with Crippen LogP contribution >= 0.6 is 0 Å². The largest absolute Gasteiger partial charge is 0.313 e. The van der Waals surface area contributed by atoms with Crippen LogP contribution in [0.15, 0.2) is 0 Å². The van der Waals surface area contributed by atoms with Crippen LogP contribution < -0.4 is 5.32 Å². The Morgan fingerprint density at radius 3 is 2.80 bits per heavy atom. The lowest BCUT2D eigenvalue weighted by molar-refractivity contribution is 0.192.